The molecule has 3 rings (SSSR count). The van der Waals surface area contributed by atoms with Gasteiger partial charge in [-0.05, 0) is 31.0 Å². The summed E-state index contributed by atoms with van der Waals surface area (Å²) < 4.78 is 10.7. The number of rotatable bonds is 4. The van der Waals surface area contributed by atoms with Crippen LogP contribution in [-0.2, 0) is 4.74 Å². The van der Waals surface area contributed by atoms with Crippen LogP contribution in [0.3, 0.4) is 0 Å². The van der Waals surface area contributed by atoms with Gasteiger partial charge in [0.15, 0.2) is 11.5 Å². The average molecular weight is 302 g/mol. The number of hydrogen-bond acceptors (Lipinski definition) is 5. The Morgan fingerprint density at radius 3 is 3.05 bits per heavy atom. The number of esters is 1. The first-order chi connectivity index (χ1) is 10.6. The SMILES string of the molecule is COC(=O)c1cccc2nc([C@H]3CCN(CC(C)C)C3)oc12. The summed E-state index contributed by atoms with van der Waals surface area (Å²) in [6, 6.07) is 5.39. The van der Waals surface area contributed by atoms with Crippen LogP contribution in [-0.4, -0.2) is 42.6 Å². The van der Waals surface area contributed by atoms with Crippen LogP contribution in [0.4, 0.5) is 0 Å². The monoisotopic (exact) mass is 302 g/mol. The summed E-state index contributed by atoms with van der Waals surface area (Å²) in [6.45, 7) is 7.61. The summed E-state index contributed by atoms with van der Waals surface area (Å²) >= 11 is 0. The van der Waals surface area contributed by atoms with Crippen molar-refractivity contribution < 1.29 is 13.9 Å². The number of methoxy groups -OCH3 is 1. The highest BCUT2D eigenvalue weighted by Crippen LogP contribution is 2.30. The number of aromatic nitrogens is 1. The minimum absolute atomic E-state index is 0.302. The fourth-order valence-corrected chi connectivity index (χ4v) is 3.13. The normalized spacial score (nSPS) is 19.2. The number of hydrogen-bond donors (Lipinski definition) is 0. The zero-order valence-corrected chi connectivity index (χ0v) is 13.3. The van der Waals surface area contributed by atoms with Crippen LogP contribution >= 0.6 is 0 Å². The maximum atomic E-state index is 11.8. The van der Waals surface area contributed by atoms with Crippen molar-refractivity contribution >= 4 is 17.1 Å². The van der Waals surface area contributed by atoms with E-state index in [0.717, 1.165) is 37.5 Å². The first kappa shape index (κ1) is 15.0. The Hall–Kier alpha value is -1.88. The molecule has 0 spiro atoms. The van der Waals surface area contributed by atoms with Crippen molar-refractivity contribution in [2.75, 3.05) is 26.7 Å². The second-order valence-electron chi connectivity index (χ2n) is 6.34. The number of benzene rings is 1. The number of nitrogens with zero attached hydrogens (tertiary/aromatic N) is 2. The standard InChI is InChI=1S/C17H22N2O3/c1-11(2)9-19-8-7-12(10-19)16-18-14-6-4-5-13(15(14)22-16)17(20)21-3/h4-6,11-12H,7-10H2,1-3H3/t12-/m0/s1. The number of likely N-dealkylation sites (tertiary alicyclic amines) is 1. The Labute approximate surface area is 130 Å². The van der Waals surface area contributed by atoms with Crippen LogP contribution in [0, 0.1) is 5.92 Å². The highest BCUT2D eigenvalue weighted by atomic mass is 16.5. The maximum Gasteiger partial charge on any atom is 0.341 e. The van der Waals surface area contributed by atoms with Gasteiger partial charge in [-0.15, -0.1) is 0 Å². The van der Waals surface area contributed by atoms with E-state index in [4.69, 9.17) is 9.15 Å². The largest absolute Gasteiger partial charge is 0.465 e. The zero-order valence-electron chi connectivity index (χ0n) is 13.3. The summed E-state index contributed by atoms with van der Waals surface area (Å²) in [5.41, 5.74) is 1.70. The summed E-state index contributed by atoms with van der Waals surface area (Å²) in [4.78, 5) is 18.8. The first-order valence-corrected chi connectivity index (χ1v) is 7.78. The number of para-hydroxylation sites is 1. The lowest BCUT2D eigenvalue weighted by Gasteiger charge is -2.17. The highest BCUT2D eigenvalue weighted by molar-refractivity contribution is 6.00. The molecule has 0 radical (unpaired) electrons. The lowest BCUT2D eigenvalue weighted by atomic mass is 10.1. The third-order valence-electron chi connectivity index (χ3n) is 4.08. The van der Waals surface area contributed by atoms with E-state index in [2.05, 4.69) is 23.7 Å². The molecule has 1 aromatic carbocycles. The van der Waals surface area contributed by atoms with Gasteiger partial charge in [-0.3, -0.25) is 0 Å². The molecule has 1 aliphatic rings. The molecule has 2 aromatic rings. The van der Waals surface area contributed by atoms with Gasteiger partial charge in [0.1, 0.15) is 11.1 Å². The molecular weight excluding hydrogens is 280 g/mol. The Morgan fingerprint density at radius 1 is 1.50 bits per heavy atom. The number of ether oxygens (including phenoxy) is 1. The van der Waals surface area contributed by atoms with Gasteiger partial charge in [0.2, 0.25) is 0 Å². The summed E-state index contributed by atoms with van der Waals surface area (Å²) in [5, 5.41) is 0. The molecule has 5 heteroatoms. The van der Waals surface area contributed by atoms with E-state index in [9.17, 15) is 4.79 Å². The topological polar surface area (TPSA) is 55.6 Å². The molecule has 0 aliphatic carbocycles. The quantitative estimate of drug-likeness (QED) is 0.812. The second-order valence-corrected chi connectivity index (χ2v) is 6.34. The van der Waals surface area contributed by atoms with Crippen LogP contribution in [0.5, 0.6) is 0 Å². The maximum absolute atomic E-state index is 11.8. The molecule has 0 N–H and O–H groups in total. The number of oxazole rings is 1. The van der Waals surface area contributed by atoms with Gasteiger partial charge in [-0.25, -0.2) is 9.78 Å². The van der Waals surface area contributed by atoms with Gasteiger partial charge >= 0.3 is 5.97 Å². The van der Waals surface area contributed by atoms with Crippen molar-refractivity contribution in [3.63, 3.8) is 0 Å². The number of carbonyl (C=O) groups is 1. The summed E-state index contributed by atoms with van der Waals surface area (Å²) in [5.74, 6) is 1.31. The molecule has 0 amide bonds. The van der Waals surface area contributed by atoms with E-state index >= 15 is 0 Å². The smallest absolute Gasteiger partial charge is 0.341 e. The minimum Gasteiger partial charge on any atom is -0.465 e. The molecule has 0 bridgehead atoms. The minimum atomic E-state index is -0.388. The molecule has 2 heterocycles. The first-order valence-electron chi connectivity index (χ1n) is 7.78. The zero-order chi connectivity index (χ0) is 15.7. The molecule has 5 nitrogen and oxygen atoms in total. The summed E-state index contributed by atoms with van der Waals surface area (Å²) in [7, 11) is 1.37. The Morgan fingerprint density at radius 2 is 2.32 bits per heavy atom. The van der Waals surface area contributed by atoms with Gasteiger partial charge < -0.3 is 14.1 Å². The predicted molar refractivity (Wildman–Crippen MR) is 84.0 cm³/mol. The van der Waals surface area contributed by atoms with Gasteiger partial charge in [-0.1, -0.05) is 19.9 Å². The van der Waals surface area contributed by atoms with E-state index in [0.29, 0.717) is 23.0 Å². The third-order valence-corrected chi connectivity index (χ3v) is 4.08. The van der Waals surface area contributed by atoms with Crippen molar-refractivity contribution in [3.8, 4) is 0 Å². The van der Waals surface area contributed by atoms with Gasteiger partial charge in [-0.2, -0.15) is 0 Å². The van der Waals surface area contributed by atoms with Crippen LogP contribution in [0.2, 0.25) is 0 Å². The lowest BCUT2D eigenvalue weighted by Crippen LogP contribution is -2.24. The Kier molecular flexibility index (Phi) is 4.16. The fraction of sp³-hybridized carbons (Fsp3) is 0.529. The van der Waals surface area contributed by atoms with Crippen molar-refractivity contribution in [3.05, 3.63) is 29.7 Å². The van der Waals surface area contributed by atoms with Gasteiger partial charge in [0.25, 0.3) is 0 Å². The third kappa shape index (κ3) is 2.86. The molecule has 1 aromatic heterocycles. The van der Waals surface area contributed by atoms with Crippen molar-refractivity contribution in [1.82, 2.24) is 9.88 Å². The van der Waals surface area contributed by atoms with Crippen molar-refractivity contribution in [2.24, 2.45) is 5.92 Å². The number of fused-ring (bicyclic) bond motifs is 1. The Balaban J connectivity index is 1.85. The van der Waals surface area contributed by atoms with Crippen molar-refractivity contribution in [2.45, 2.75) is 26.2 Å². The second kappa shape index (κ2) is 6.08. The fourth-order valence-electron chi connectivity index (χ4n) is 3.13. The molecule has 0 saturated carbocycles. The molecular formula is C17H22N2O3. The molecule has 0 unspecified atom stereocenters. The van der Waals surface area contributed by atoms with Crippen LogP contribution < -0.4 is 0 Å². The molecule has 1 aliphatic heterocycles. The summed E-state index contributed by atoms with van der Waals surface area (Å²) in [6.07, 6.45) is 1.05. The van der Waals surface area contributed by atoms with Crippen LogP contribution in [0.1, 0.15) is 42.4 Å². The average Bonchev–Trinajstić information content (AvgIpc) is 3.11. The molecule has 1 saturated heterocycles. The Bertz CT molecular complexity index is 678. The number of carbonyl (C=O) groups excluding carboxylic acids is 1. The van der Waals surface area contributed by atoms with Gasteiger partial charge in [0, 0.05) is 19.0 Å². The van der Waals surface area contributed by atoms with Crippen molar-refractivity contribution in [1.29, 1.82) is 0 Å². The van der Waals surface area contributed by atoms with E-state index < -0.39 is 0 Å². The van der Waals surface area contributed by atoms with E-state index in [1.807, 2.05) is 6.07 Å². The van der Waals surface area contributed by atoms with E-state index in [1.165, 1.54) is 7.11 Å². The highest BCUT2D eigenvalue weighted by Gasteiger charge is 2.28. The van der Waals surface area contributed by atoms with Crippen LogP contribution in [0.25, 0.3) is 11.1 Å². The predicted octanol–water partition coefficient (Wildman–Crippen LogP) is 3.06. The molecule has 118 valence electrons. The van der Waals surface area contributed by atoms with Gasteiger partial charge in [0.05, 0.1) is 7.11 Å². The molecule has 1 fully saturated rings. The molecule has 22 heavy (non-hydrogen) atoms. The lowest BCUT2D eigenvalue weighted by molar-refractivity contribution is 0.0601. The molecule has 1 atom stereocenters. The van der Waals surface area contributed by atoms with Crippen LogP contribution in [0.15, 0.2) is 22.6 Å². The van der Waals surface area contributed by atoms with E-state index in [-0.39, 0.29) is 5.97 Å². The van der Waals surface area contributed by atoms with E-state index in [1.54, 1.807) is 12.1 Å².